The number of amides is 1. The van der Waals surface area contributed by atoms with Crippen LogP contribution in [0.25, 0.3) is 0 Å². The summed E-state index contributed by atoms with van der Waals surface area (Å²) in [5.74, 6) is 1.00. The van der Waals surface area contributed by atoms with Crippen molar-refractivity contribution in [1.82, 2.24) is 10.2 Å². The maximum Gasteiger partial charge on any atom is 0.220 e. The molecule has 3 nitrogen and oxygen atoms in total. The Balaban J connectivity index is 1.36. The van der Waals surface area contributed by atoms with E-state index >= 15 is 0 Å². The molecule has 23 heavy (non-hydrogen) atoms. The van der Waals surface area contributed by atoms with Gasteiger partial charge in [0.25, 0.3) is 0 Å². The van der Waals surface area contributed by atoms with Crippen molar-refractivity contribution in [2.45, 2.75) is 64.5 Å². The molecule has 0 radical (unpaired) electrons. The number of rotatable bonds is 7. The zero-order valence-corrected chi connectivity index (χ0v) is 14.2. The molecule has 2 fully saturated rings. The Hall–Kier alpha value is -1.35. The zero-order valence-electron chi connectivity index (χ0n) is 14.2. The van der Waals surface area contributed by atoms with Gasteiger partial charge in [-0.3, -0.25) is 9.69 Å². The number of hydrogen-bond acceptors (Lipinski definition) is 2. The van der Waals surface area contributed by atoms with E-state index in [1.165, 1.54) is 62.7 Å². The van der Waals surface area contributed by atoms with Gasteiger partial charge in [0.15, 0.2) is 0 Å². The maximum absolute atomic E-state index is 12.0. The third-order valence-corrected chi connectivity index (χ3v) is 5.37. The van der Waals surface area contributed by atoms with Gasteiger partial charge in [0, 0.05) is 19.5 Å². The first-order chi connectivity index (χ1) is 11.3. The van der Waals surface area contributed by atoms with Gasteiger partial charge in [0.05, 0.1) is 0 Å². The summed E-state index contributed by atoms with van der Waals surface area (Å²) in [6.07, 6.45) is 9.80. The van der Waals surface area contributed by atoms with Gasteiger partial charge in [-0.05, 0) is 49.4 Å². The molecule has 1 aliphatic heterocycles. The predicted octanol–water partition coefficient (Wildman–Crippen LogP) is 3.87. The highest BCUT2D eigenvalue weighted by Crippen LogP contribution is 2.28. The molecule has 1 aromatic rings. The summed E-state index contributed by atoms with van der Waals surface area (Å²) in [6, 6.07) is 8.72. The number of hydrogen-bond donors (Lipinski definition) is 1. The van der Waals surface area contributed by atoms with Gasteiger partial charge in [0.1, 0.15) is 0 Å². The molecule has 1 amide bonds. The molecule has 3 rings (SSSR count). The lowest BCUT2D eigenvalue weighted by molar-refractivity contribution is -0.121. The monoisotopic (exact) mass is 314 g/mol. The van der Waals surface area contributed by atoms with Crippen LogP contribution in [0.3, 0.4) is 0 Å². The minimum atomic E-state index is 0.207. The molecule has 1 saturated carbocycles. The zero-order chi connectivity index (χ0) is 15.9. The number of carbonyl (C=O) groups is 1. The number of nitrogens with zero attached hydrogens (tertiary/aromatic N) is 1. The van der Waals surface area contributed by atoms with Crippen LogP contribution < -0.4 is 5.32 Å². The minimum absolute atomic E-state index is 0.207. The van der Waals surface area contributed by atoms with Gasteiger partial charge in [-0.25, -0.2) is 0 Å². The fourth-order valence-electron chi connectivity index (χ4n) is 3.88. The highest BCUT2D eigenvalue weighted by molar-refractivity contribution is 5.75. The Labute approximate surface area is 140 Å². The van der Waals surface area contributed by atoms with Crippen molar-refractivity contribution in [3.63, 3.8) is 0 Å². The summed E-state index contributed by atoms with van der Waals surface area (Å²) in [7, 11) is 0. The highest BCUT2D eigenvalue weighted by Gasteiger charge is 2.16. The van der Waals surface area contributed by atoms with E-state index < -0.39 is 0 Å². The van der Waals surface area contributed by atoms with E-state index in [2.05, 4.69) is 34.5 Å². The number of nitrogens with one attached hydrogen (secondary N) is 1. The molecular weight excluding hydrogens is 284 g/mol. The Bertz CT molecular complexity index is 485. The molecule has 1 aromatic carbocycles. The largest absolute Gasteiger partial charge is 0.352 e. The molecular formula is C20H30N2O. The SMILES string of the molecule is O=C(CCC1CCCC1)NCc1ccc(CN2CCCC2)cc1. The molecule has 2 aliphatic rings. The molecule has 1 aliphatic carbocycles. The van der Waals surface area contributed by atoms with E-state index in [0.717, 1.165) is 18.9 Å². The van der Waals surface area contributed by atoms with E-state index in [1.807, 2.05) is 0 Å². The smallest absolute Gasteiger partial charge is 0.220 e. The van der Waals surface area contributed by atoms with E-state index in [1.54, 1.807) is 0 Å². The normalized spacial score (nSPS) is 19.3. The molecule has 1 N–H and O–H groups in total. The molecule has 1 heterocycles. The molecule has 126 valence electrons. The van der Waals surface area contributed by atoms with Crippen molar-refractivity contribution >= 4 is 5.91 Å². The second kappa shape index (κ2) is 8.49. The topological polar surface area (TPSA) is 32.3 Å². The van der Waals surface area contributed by atoms with Gasteiger partial charge >= 0.3 is 0 Å². The Kier molecular flexibility index (Phi) is 6.09. The van der Waals surface area contributed by atoms with Crippen LogP contribution in [0.2, 0.25) is 0 Å². The van der Waals surface area contributed by atoms with Gasteiger partial charge in [-0.1, -0.05) is 49.9 Å². The second-order valence-corrected chi connectivity index (χ2v) is 7.27. The van der Waals surface area contributed by atoms with Crippen LogP contribution in [0.1, 0.15) is 62.5 Å². The van der Waals surface area contributed by atoms with Crippen LogP contribution in [0.4, 0.5) is 0 Å². The lowest BCUT2D eigenvalue weighted by Gasteiger charge is -2.14. The molecule has 3 heteroatoms. The molecule has 0 unspecified atom stereocenters. The maximum atomic E-state index is 12.0. The van der Waals surface area contributed by atoms with E-state index in [4.69, 9.17) is 0 Å². The van der Waals surface area contributed by atoms with Crippen LogP contribution in [0, 0.1) is 5.92 Å². The fourth-order valence-corrected chi connectivity index (χ4v) is 3.88. The van der Waals surface area contributed by atoms with E-state index in [0.29, 0.717) is 13.0 Å². The first kappa shape index (κ1) is 16.5. The molecule has 1 saturated heterocycles. The second-order valence-electron chi connectivity index (χ2n) is 7.27. The standard InChI is InChI=1S/C20H30N2O/c23-20(12-11-17-5-1-2-6-17)21-15-18-7-9-19(10-8-18)16-22-13-3-4-14-22/h7-10,17H,1-6,11-16H2,(H,21,23). The van der Waals surface area contributed by atoms with Crippen LogP contribution in [0.15, 0.2) is 24.3 Å². The van der Waals surface area contributed by atoms with Crippen molar-refractivity contribution in [3.8, 4) is 0 Å². The first-order valence-corrected chi connectivity index (χ1v) is 9.36. The Morgan fingerprint density at radius 3 is 2.35 bits per heavy atom. The van der Waals surface area contributed by atoms with Crippen molar-refractivity contribution < 1.29 is 4.79 Å². The summed E-state index contributed by atoms with van der Waals surface area (Å²) in [4.78, 5) is 14.5. The molecule has 0 atom stereocenters. The summed E-state index contributed by atoms with van der Waals surface area (Å²) >= 11 is 0. The van der Waals surface area contributed by atoms with E-state index in [9.17, 15) is 4.79 Å². The number of benzene rings is 1. The lowest BCUT2D eigenvalue weighted by Crippen LogP contribution is -2.23. The van der Waals surface area contributed by atoms with Gasteiger partial charge < -0.3 is 5.32 Å². The Morgan fingerprint density at radius 1 is 1.00 bits per heavy atom. The van der Waals surface area contributed by atoms with Crippen LogP contribution in [-0.4, -0.2) is 23.9 Å². The molecule has 0 bridgehead atoms. The van der Waals surface area contributed by atoms with Gasteiger partial charge in [-0.2, -0.15) is 0 Å². The van der Waals surface area contributed by atoms with Gasteiger partial charge in [0.2, 0.25) is 5.91 Å². The number of carbonyl (C=O) groups excluding carboxylic acids is 1. The summed E-state index contributed by atoms with van der Waals surface area (Å²) in [5, 5.41) is 3.07. The first-order valence-electron chi connectivity index (χ1n) is 9.36. The van der Waals surface area contributed by atoms with Crippen LogP contribution in [-0.2, 0) is 17.9 Å². The van der Waals surface area contributed by atoms with Crippen molar-refractivity contribution in [2.75, 3.05) is 13.1 Å². The van der Waals surface area contributed by atoms with E-state index in [-0.39, 0.29) is 5.91 Å². The average molecular weight is 314 g/mol. The average Bonchev–Trinajstić information content (AvgIpc) is 3.26. The Morgan fingerprint density at radius 2 is 1.65 bits per heavy atom. The summed E-state index contributed by atoms with van der Waals surface area (Å²) in [6.45, 7) is 4.19. The lowest BCUT2D eigenvalue weighted by atomic mass is 10.0. The predicted molar refractivity (Wildman–Crippen MR) is 94.0 cm³/mol. The highest BCUT2D eigenvalue weighted by atomic mass is 16.1. The molecule has 0 aromatic heterocycles. The third kappa shape index (κ3) is 5.35. The van der Waals surface area contributed by atoms with Crippen LogP contribution in [0.5, 0.6) is 0 Å². The quantitative estimate of drug-likeness (QED) is 0.828. The third-order valence-electron chi connectivity index (χ3n) is 5.37. The van der Waals surface area contributed by atoms with Crippen molar-refractivity contribution in [2.24, 2.45) is 5.92 Å². The number of likely N-dealkylation sites (tertiary alicyclic amines) is 1. The van der Waals surface area contributed by atoms with Crippen molar-refractivity contribution in [3.05, 3.63) is 35.4 Å². The van der Waals surface area contributed by atoms with Crippen molar-refractivity contribution in [1.29, 1.82) is 0 Å². The molecule has 0 spiro atoms. The summed E-state index contributed by atoms with van der Waals surface area (Å²) < 4.78 is 0. The fraction of sp³-hybridized carbons (Fsp3) is 0.650. The summed E-state index contributed by atoms with van der Waals surface area (Å²) in [5.41, 5.74) is 2.58. The van der Waals surface area contributed by atoms with Crippen LogP contribution >= 0.6 is 0 Å². The van der Waals surface area contributed by atoms with Gasteiger partial charge in [-0.15, -0.1) is 0 Å². The minimum Gasteiger partial charge on any atom is -0.352 e.